The minimum atomic E-state index is 0.478. The van der Waals surface area contributed by atoms with Crippen LogP contribution in [-0.2, 0) is 11.3 Å². The molecule has 84 valence electrons. The second-order valence-electron chi connectivity index (χ2n) is 3.21. The Morgan fingerprint density at radius 1 is 1.40 bits per heavy atom. The molecule has 0 saturated heterocycles. The molecule has 0 amide bonds. The Morgan fingerprint density at radius 3 is 2.87 bits per heavy atom. The molecule has 1 rings (SSSR count). The van der Waals surface area contributed by atoms with Gasteiger partial charge in [0.05, 0.1) is 17.3 Å². The van der Waals surface area contributed by atoms with E-state index in [-0.39, 0.29) is 0 Å². The van der Waals surface area contributed by atoms with Crippen molar-refractivity contribution in [1.82, 2.24) is 4.98 Å². The van der Waals surface area contributed by atoms with E-state index in [1.807, 2.05) is 19.1 Å². The SMILES string of the molecule is CCCOCc1nc(NCC)ccc1Cl. The van der Waals surface area contributed by atoms with E-state index in [0.29, 0.717) is 11.6 Å². The molecule has 0 aromatic carbocycles. The first kappa shape index (κ1) is 12.3. The Labute approximate surface area is 95.8 Å². The molecule has 1 aromatic heterocycles. The molecule has 4 heteroatoms. The maximum atomic E-state index is 6.01. The summed E-state index contributed by atoms with van der Waals surface area (Å²) in [5.74, 6) is 0.844. The minimum Gasteiger partial charge on any atom is -0.375 e. The molecule has 0 aliphatic carbocycles. The zero-order valence-electron chi connectivity index (χ0n) is 9.22. The van der Waals surface area contributed by atoms with Crippen molar-refractivity contribution >= 4 is 17.4 Å². The van der Waals surface area contributed by atoms with E-state index in [0.717, 1.165) is 31.1 Å². The predicted molar refractivity (Wildman–Crippen MR) is 63.4 cm³/mol. The standard InChI is InChI=1S/C11H17ClN2O/c1-3-7-15-8-10-9(12)5-6-11(14-10)13-4-2/h5-6H,3-4,7-8H2,1-2H3,(H,13,14). The van der Waals surface area contributed by atoms with Gasteiger partial charge in [-0.05, 0) is 25.5 Å². The van der Waals surface area contributed by atoms with Crippen LogP contribution in [-0.4, -0.2) is 18.1 Å². The largest absolute Gasteiger partial charge is 0.375 e. The lowest BCUT2D eigenvalue weighted by atomic mass is 10.3. The van der Waals surface area contributed by atoms with Crippen LogP contribution >= 0.6 is 11.6 Å². The molecule has 0 saturated carbocycles. The van der Waals surface area contributed by atoms with E-state index in [9.17, 15) is 0 Å². The smallest absolute Gasteiger partial charge is 0.126 e. The first-order valence-corrected chi connectivity index (χ1v) is 5.62. The molecular formula is C11H17ClN2O. The van der Waals surface area contributed by atoms with Crippen LogP contribution in [0.1, 0.15) is 26.0 Å². The molecule has 0 aliphatic rings. The third kappa shape index (κ3) is 4.06. The molecule has 0 aliphatic heterocycles. The molecule has 0 radical (unpaired) electrons. The van der Waals surface area contributed by atoms with Gasteiger partial charge in [-0.3, -0.25) is 0 Å². The fourth-order valence-electron chi connectivity index (χ4n) is 1.18. The highest BCUT2D eigenvalue weighted by Gasteiger charge is 2.03. The van der Waals surface area contributed by atoms with Gasteiger partial charge in [0.15, 0.2) is 0 Å². The van der Waals surface area contributed by atoms with Gasteiger partial charge in [-0.15, -0.1) is 0 Å². The monoisotopic (exact) mass is 228 g/mol. The van der Waals surface area contributed by atoms with Crippen LogP contribution in [0.3, 0.4) is 0 Å². The van der Waals surface area contributed by atoms with E-state index in [1.165, 1.54) is 0 Å². The molecule has 0 spiro atoms. The lowest BCUT2D eigenvalue weighted by molar-refractivity contribution is 0.119. The van der Waals surface area contributed by atoms with Crippen molar-refractivity contribution in [3.63, 3.8) is 0 Å². The maximum Gasteiger partial charge on any atom is 0.126 e. The summed E-state index contributed by atoms with van der Waals surface area (Å²) in [6.45, 7) is 6.17. The molecule has 1 N–H and O–H groups in total. The third-order valence-corrected chi connectivity index (χ3v) is 2.21. The van der Waals surface area contributed by atoms with E-state index in [2.05, 4.69) is 17.2 Å². The van der Waals surface area contributed by atoms with Gasteiger partial charge >= 0.3 is 0 Å². The molecule has 3 nitrogen and oxygen atoms in total. The number of hydrogen-bond acceptors (Lipinski definition) is 3. The second kappa shape index (κ2) is 6.64. The summed E-state index contributed by atoms with van der Waals surface area (Å²) in [6.07, 6.45) is 1.00. The van der Waals surface area contributed by atoms with Crippen molar-refractivity contribution < 1.29 is 4.74 Å². The summed E-state index contributed by atoms with van der Waals surface area (Å²) in [4.78, 5) is 4.37. The normalized spacial score (nSPS) is 10.3. The highest BCUT2D eigenvalue weighted by molar-refractivity contribution is 6.31. The molecule has 0 atom stereocenters. The van der Waals surface area contributed by atoms with Gasteiger partial charge in [0.1, 0.15) is 5.82 Å². The van der Waals surface area contributed by atoms with Crippen molar-refractivity contribution in [3.8, 4) is 0 Å². The average Bonchev–Trinajstić information content (AvgIpc) is 2.23. The summed E-state index contributed by atoms with van der Waals surface area (Å²) in [5, 5.41) is 3.80. The number of nitrogens with one attached hydrogen (secondary N) is 1. The van der Waals surface area contributed by atoms with Gasteiger partial charge in [0.2, 0.25) is 0 Å². The number of nitrogens with zero attached hydrogens (tertiary/aromatic N) is 1. The van der Waals surface area contributed by atoms with Crippen LogP contribution in [0.2, 0.25) is 5.02 Å². The quantitative estimate of drug-likeness (QED) is 0.760. The zero-order valence-corrected chi connectivity index (χ0v) is 9.97. The Bertz CT molecular complexity index is 305. The van der Waals surface area contributed by atoms with Crippen molar-refractivity contribution in [3.05, 3.63) is 22.8 Å². The Balaban J connectivity index is 2.63. The average molecular weight is 229 g/mol. The van der Waals surface area contributed by atoms with Crippen LogP contribution in [0.25, 0.3) is 0 Å². The second-order valence-corrected chi connectivity index (χ2v) is 3.62. The topological polar surface area (TPSA) is 34.1 Å². The van der Waals surface area contributed by atoms with Crippen molar-refractivity contribution in [1.29, 1.82) is 0 Å². The number of aromatic nitrogens is 1. The highest BCUT2D eigenvalue weighted by Crippen LogP contribution is 2.17. The van der Waals surface area contributed by atoms with Crippen LogP contribution in [0.15, 0.2) is 12.1 Å². The van der Waals surface area contributed by atoms with Crippen molar-refractivity contribution in [2.75, 3.05) is 18.5 Å². The molecule has 0 fully saturated rings. The van der Waals surface area contributed by atoms with Crippen LogP contribution in [0, 0.1) is 0 Å². The number of ether oxygens (including phenoxy) is 1. The summed E-state index contributed by atoms with van der Waals surface area (Å²) >= 11 is 6.01. The molecular weight excluding hydrogens is 212 g/mol. The summed E-state index contributed by atoms with van der Waals surface area (Å²) in [7, 11) is 0. The third-order valence-electron chi connectivity index (χ3n) is 1.86. The summed E-state index contributed by atoms with van der Waals surface area (Å²) < 4.78 is 5.41. The van der Waals surface area contributed by atoms with Gasteiger partial charge in [-0.1, -0.05) is 18.5 Å². The minimum absolute atomic E-state index is 0.478. The number of pyridine rings is 1. The van der Waals surface area contributed by atoms with Gasteiger partial charge in [-0.2, -0.15) is 0 Å². The molecule has 1 heterocycles. The fraction of sp³-hybridized carbons (Fsp3) is 0.545. The lowest BCUT2D eigenvalue weighted by Gasteiger charge is -2.07. The Kier molecular flexibility index (Phi) is 5.43. The number of hydrogen-bond donors (Lipinski definition) is 1. The highest BCUT2D eigenvalue weighted by atomic mass is 35.5. The molecule has 0 unspecified atom stereocenters. The summed E-state index contributed by atoms with van der Waals surface area (Å²) in [5.41, 5.74) is 0.795. The molecule has 15 heavy (non-hydrogen) atoms. The van der Waals surface area contributed by atoms with Crippen molar-refractivity contribution in [2.24, 2.45) is 0 Å². The van der Waals surface area contributed by atoms with Gasteiger partial charge < -0.3 is 10.1 Å². The molecule has 1 aromatic rings. The predicted octanol–water partition coefficient (Wildman–Crippen LogP) is 3.09. The fourth-order valence-corrected chi connectivity index (χ4v) is 1.34. The number of halogens is 1. The van der Waals surface area contributed by atoms with E-state index >= 15 is 0 Å². The number of rotatable bonds is 6. The van der Waals surface area contributed by atoms with Crippen LogP contribution in [0.5, 0.6) is 0 Å². The van der Waals surface area contributed by atoms with E-state index in [4.69, 9.17) is 16.3 Å². The zero-order chi connectivity index (χ0) is 11.1. The van der Waals surface area contributed by atoms with Crippen LogP contribution in [0.4, 0.5) is 5.82 Å². The first-order chi connectivity index (χ1) is 7.27. The van der Waals surface area contributed by atoms with Crippen molar-refractivity contribution in [2.45, 2.75) is 26.9 Å². The lowest BCUT2D eigenvalue weighted by Crippen LogP contribution is -2.03. The van der Waals surface area contributed by atoms with E-state index < -0.39 is 0 Å². The Hall–Kier alpha value is -0.800. The molecule has 0 bridgehead atoms. The maximum absolute atomic E-state index is 6.01. The van der Waals surface area contributed by atoms with E-state index in [1.54, 1.807) is 0 Å². The first-order valence-electron chi connectivity index (χ1n) is 5.25. The van der Waals surface area contributed by atoms with Gasteiger partial charge in [0, 0.05) is 13.2 Å². The van der Waals surface area contributed by atoms with Gasteiger partial charge in [-0.25, -0.2) is 4.98 Å². The Morgan fingerprint density at radius 2 is 2.20 bits per heavy atom. The number of anilines is 1. The van der Waals surface area contributed by atoms with Gasteiger partial charge in [0.25, 0.3) is 0 Å². The summed E-state index contributed by atoms with van der Waals surface area (Å²) in [6, 6.07) is 3.71. The van der Waals surface area contributed by atoms with Crippen LogP contribution < -0.4 is 5.32 Å².